The van der Waals surface area contributed by atoms with E-state index in [1.54, 1.807) is 30.9 Å². The molecule has 0 bridgehead atoms. The van der Waals surface area contributed by atoms with E-state index in [1.165, 1.54) is 5.56 Å². The van der Waals surface area contributed by atoms with Gasteiger partial charge >= 0.3 is 0 Å². The summed E-state index contributed by atoms with van der Waals surface area (Å²) in [5.41, 5.74) is 3.08. The minimum Gasteiger partial charge on any atom is -0.508 e. The number of fused-ring (bicyclic) bond motifs is 4. The first-order valence-corrected chi connectivity index (χ1v) is 16.0. The van der Waals surface area contributed by atoms with Gasteiger partial charge in [0.2, 0.25) is 11.8 Å². The van der Waals surface area contributed by atoms with Crippen LogP contribution in [0.15, 0.2) is 77.4 Å². The number of hydrogen-bond donors (Lipinski definition) is 1. The standard InChI is InChI=1S/C37H40N2O5/c1-21-22(2)34(42)37(3)30(33(21)41)19-29-27(32(37)24-9-11-26(40)12-10-24)13-14-28-31(29)36(44)39(35(28)43)25-15-17-38(18-16-25)20-23-7-5-4-6-8-23/h4-13,25,28-32,40H,14-20H2,1-3H3/t28-,29+,30-,31-,32-,37+/m0/s1. The molecule has 1 N–H and O–H groups in total. The highest BCUT2D eigenvalue weighted by Crippen LogP contribution is 2.63. The van der Waals surface area contributed by atoms with Gasteiger partial charge in [0, 0.05) is 37.5 Å². The maximum absolute atomic E-state index is 14.3. The lowest BCUT2D eigenvalue weighted by molar-refractivity contribution is -0.145. The van der Waals surface area contributed by atoms with Gasteiger partial charge in [-0.1, -0.05) is 61.0 Å². The lowest BCUT2D eigenvalue weighted by atomic mass is 9.46. The summed E-state index contributed by atoms with van der Waals surface area (Å²) >= 11 is 0. The summed E-state index contributed by atoms with van der Waals surface area (Å²) in [5, 5.41) is 10.1. The number of nitrogens with zero attached hydrogens (tertiary/aromatic N) is 2. The molecule has 2 saturated heterocycles. The Morgan fingerprint density at radius 2 is 1.55 bits per heavy atom. The van der Waals surface area contributed by atoms with Crippen molar-refractivity contribution in [1.82, 2.24) is 9.80 Å². The predicted octanol–water partition coefficient (Wildman–Crippen LogP) is 5.20. The van der Waals surface area contributed by atoms with Crippen LogP contribution in [0.3, 0.4) is 0 Å². The number of piperidine rings is 1. The minimum atomic E-state index is -1.01. The summed E-state index contributed by atoms with van der Waals surface area (Å²) < 4.78 is 0. The number of aromatic hydroxyl groups is 1. The van der Waals surface area contributed by atoms with Gasteiger partial charge in [0.05, 0.1) is 17.3 Å². The van der Waals surface area contributed by atoms with Crippen LogP contribution >= 0.6 is 0 Å². The summed E-state index contributed by atoms with van der Waals surface area (Å²) in [6.45, 7) is 7.88. The largest absolute Gasteiger partial charge is 0.508 e. The molecule has 3 aliphatic carbocycles. The number of likely N-dealkylation sites (tertiary alicyclic amines) is 2. The molecular formula is C37H40N2O5. The molecule has 7 nitrogen and oxygen atoms in total. The molecule has 2 amide bonds. The topological polar surface area (TPSA) is 95.0 Å². The fourth-order valence-electron chi connectivity index (χ4n) is 9.19. The number of amides is 2. The van der Waals surface area contributed by atoms with E-state index in [9.17, 15) is 24.3 Å². The molecule has 5 aliphatic rings. The van der Waals surface area contributed by atoms with Crippen molar-refractivity contribution in [3.63, 3.8) is 0 Å². The molecule has 2 aromatic carbocycles. The van der Waals surface area contributed by atoms with Crippen LogP contribution in [0.1, 0.15) is 63.5 Å². The van der Waals surface area contributed by atoms with Crippen molar-refractivity contribution in [3.05, 3.63) is 88.5 Å². The zero-order valence-electron chi connectivity index (χ0n) is 25.7. The Labute approximate surface area is 258 Å². The summed E-state index contributed by atoms with van der Waals surface area (Å²) in [5.74, 6) is -2.39. The van der Waals surface area contributed by atoms with E-state index in [2.05, 4.69) is 23.1 Å². The van der Waals surface area contributed by atoms with Gasteiger partial charge in [0.1, 0.15) is 5.75 Å². The van der Waals surface area contributed by atoms with Crippen molar-refractivity contribution in [1.29, 1.82) is 0 Å². The molecule has 2 aliphatic heterocycles. The molecule has 0 aromatic heterocycles. The smallest absolute Gasteiger partial charge is 0.233 e. The Morgan fingerprint density at radius 3 is 2.23 bits per heavy atom. The lowest BCUT2D eigenvalue weighted by Gasteiger charge is -2.54. The van der Waals surface area contributed by atoms with E-state index >= 15 is 0 Å². The molecule has 228 valence electrons. The van der Waals surface area contributed by atoms with Gasteiger partial charge in [0.15, 0.2) is 11.6 Å². The molecule has 44 heavy (non-hydrogen) atoms. The molecule has 2 aromatic rings. The average molecular weight is 593 g/mol. The van der Waals surface area contributed by atoms with Crippen LogP contribution in [-0.4, -0.2) is 57.4 Å². The van der Waals surface area contributed by atoms with Gasteiger partial charge in [-0.05, 0) is 79.9 Å². The number of carbonyl (C=O) groups is 4. The highest BCUT2D eigenvalue weighted by molar-refractivity contribution is 6.16. The summed E-state index contributed by atoms with van der Waals surface area (Å²) in [6, 6.07) is 17.1. The fraction of sp³-hybridized carbons (Fsp3) is 0.459. The molecule has 7 rings (SSSR count). The van der Waals surface area contributed by atoms with Crippen LogP contribution in [0.25, 0.3) is 0 Å². The normalized spacial score (nSPS) is 32.8. The van der Waals surface area contributed by atoms with Crippen molar-refractivity contribution >= 4 is 23.4 Å². The molecular weight excluding hydrogens is 552 g/mol. The van der Waals surface area contributed by atoms with Crippen LogP contribution in [0.5, 0.6) is 5.75 Å². The molecule has 0 spiro atoms. The molecule has 2 heterocycles. The van der Waals surface area contributed by atoms with Crippen LogP contribution in [-0.2, 0) is 25.7 Å². The second kappa shape index (κ2) is 10.7. The molecule has 6 atom stereocenters. The number of phenols is 1. The first-order chi connectivity index (χ1) is 21.1. The Morgan fingerprint density at radius 1 is 0.864 bits per heavy atom. The van der Waals surface area contributed by atoms with Gasteiger partial charge in [-0.2, -0.15) is 0 Å². The first-order valence-electron chi connectivity index (χ1n) is 16.0. The van der Waals surface area contributed by atoms with Crippen molar-refractivity contribution in [3.8, 4) is 5.75 Å². The van der Waals surface area contributed by atoms with Crippen LogP contribution in [0.2, 0.25) is 0 Å². The molecule has 1 saturated carbocycles. The van der Waals surface area contributed by atoms with Gasteiger partial charge < -0.3 is 5.11 Å². The van der Waals surface area contributed by atoms with Crippen molar-refractivity contribution in [2.24, 2.45) is 29.1 Å². The molecule has 0 unspecified atom stereocenters. The number of Topliss-reactive ketones (excluding diaryl/α,β-unsaturated/α-hetero) is 2. The van der Waals surface area contributed by atoms with E-state index in [1.807, 2.05) is 37.3 Å². The maximum atomic E-state index is 14.3. The third-order valence-corrected chi connectivity index (χ3v) is 11.6. The molecule has 0 radical (unpaired) electrons. The van der Waals surface area contributed by atoms with Gasteiger partial charge in [-0.3, -0.25) is 29.0 Å². The van der Waals surface area contributed by atoms with E-state index in [4.69, 9.17) is 0 Å². The molecule has 3 fully saturated rings. The third-order valence-electron chi connectivity index (χ3n) is 11.6. The van der Waals surface area contributed by atoms with Gasteiger partial charge in [0.25, 0.3) is 0 Å². The molecule has 7 heteroatoms. The second-order valence-corrected chi connectivity index (χ2v) is 13.8. The van der Waals surface area contributed by atoms with Crippen molar-refractivity contribution < 1.29 is 24.3 Å². The highest BCUT2D eigenvalue weighted by atomic mass is 16.3. The lowest BCUT2D eigenvalue weighted by Crippen LogP contribution is -2.55. The Kier molecular flexibility index (Phi) is 7.00. The summed E-state index contributed by atoms with van der Waals surface area (Å²) in [4.78, 5) is 60.2. The van der Waals surface area contributed by atoms with E-state index < -0.39 is 29.1 Å². The highest BCUT2D eigenvalue weighted by Gasteiger charge is 2.64. The van der Waals surface area contributed by atoms with Crippen LogP contribution in [0, 0.1) is 29.1 Å². The number of phenolic OH excluding ortho intramolecular Hbond substituents is 1. The van der Waals surface area contributed by atoms with Gasteiger partial charge in [-0.25, -0.2) is 0 Å². The number of allylic oxidation sites excluding steroid dienone is 4. The first kappa shape index (κ1) is 28.9. The second-order valence-electron chi connectivity index (χ2n) is 13.8. The Bertz CT molecular complexity index is 1600. The minimum absolute atomic E-state index is 0.0307. The number of rotatable bonds is 4. The van der Waals surface area contributed by atoms with E-state index in [0.717, 1.165) is 43.6 Å². The number of benzene rings is 2. The zero-order valence-corrected chi connectivity index (χ0v) is 25.7. The zero-order chi connectivity index (χ0) is 30.9. The number of hydrogen-bond acceptors (Lipinski definition) is 6. The van der Waals surface area contributed by atoms with Gasteiger partial charge in [-0.15, -0.1) is 0 Å². The third kappa shape index (κ3) is 4.26. The Hall–Kier alpha value is -3.84. The number of carbonyl (C=O) groups excluding carboxylic acids is 4. The monoisotopic (exact) mass is 592 g/mol. The summed E-state index contributed by atoms with van der Waals surface area (Å²) in [7, 11) is 0. The summed E-state index contributed by atoms with van der Waals surface area (Å²) in [6.07, 6.45) is 4.44. The number of ketones is 2. The van der Waals surface area contributed by atoms with Crippen LogP contribution < -0.4 is 0 Å². The quantitative estimate of drug-likeness (QED) is 0.387. The van der Waals surface area contributed by atoms with Crippen LogP contribution in [0.4, 0.5) is 0 Å². The number of imide groups is 1. The van der Waals surface area contributed by atoms with Crippen molar-refractivity contribution in [2.75, 3.05) is 13.1 Å². The maximum Gasteiger partial charge on any atom is 0.233 e. The van der Waals surface area contributed by atoms with E-state index in [-0.39, 0.29) is 41.1 Å². The fourth-order valence-corrected chi connectivity index (χ4v) is 9.19. The SMILES string of the molecule is CC1=C(C)C(=O)[C@@]2(C)[C@@H](c3ccc(O)cc3)C3=CC[C@@H]4C(=O)N(C5CCN(Cc6ccccc6)CC5)C(=O)[C@@H]4[C@@H]3C[C@H]2C1=O. The predicted molar refractivity (Wildman–Crippen MR) is 165 cm³/mol. The Balaban J connectivity index is 1.20. The van der Waals surface area contributed by atoms with E-state index in [0.29, 0.717) is 24.0 Å². The average Bonchev–Trinajstić information content (AvgIpc) is 3.29. The van der Waals surface area contributed by atoms with Crippen molar-refractivity contribution in [2.45, 2.75) is 65.0 Å².